The average Bonchev–Trinajstić information content (AvgIpc) is 2.30. The summed E-state index contributed by atoms with van der Waals surface area (Å²) >= 11 is 0. The minimum Gasteiger partial charge on any atom is -0.404 e. The van der Waals surface area contributed by atoms with Crippen molar-refractivity contribution < 1.29 is 0 Å². The van der Waals surface area contributed by atoms with Crippen molar-refractivity contribution in [2.24, 2.45) is 22.6 Å². The van der Waals surface area contributed by atoms with Crippen LogP contribution >= 0.6 is 0 Å². The highest BCUT2D eigenvalue weighted by Crippen LogP contribution is 2.27. The van der Waals surface area contributed by atoms with Gasteiger partial charge >= 0.3 is 0 Å². The number of hydrogen-bond donors (Lipinski definition) is 1. The monoisotopic (exact) mass is 224 g/mol. The van der Waals surface area contributed by atoms with E-state index < -0.39 is 0 Å². The molecule has 1 aliphatic rings. The van der Waals surface area contributed by atoms with E-state index in [1.165, 1.54) is 25.7 Å². The van der Waals surface area contributed by atoms with Crippen LogP contribution in [0.4, 0.5) is 0 Å². The van der Waals surface area contributed by atoms with Crippen LogP contribution in [0.3, 0.4) is 0 Å². The smallest absolute Gasteiger partial charge is 0.0361 e. The van der Waals surface area contributed by atoms with Crippen LogP contribution in [-0.2, 0) is 0 Å². The van der Waals surface area contributed by atoms with Gasteiger partial charge in [0.15, 0.2) is 0 Å². The number of rotatable bonds is 2. The Morgan fingerprint density at radius 1 is 1.19 bits per heavy atom. The molecule has 0 radical (unpaired) electrons. The van der Waals surface area contributed by atoms with Crippen LogP contribution in [0.1, 0.15) is 53.4 Å². The van der Waals surface area contributed by atoms with Gasteiger partial charge in [-0.05, 0) is 37.5 Å². The molecule has 2 nitrogen and oxygen atoms in total. The van der Waals surface area contributed by atoms with Crippen LogP contribution < -0.4 is 5.73 Å². The molecule has 0 heterocycles. The van der Waals surface area contributed by atoms with Crippen LogP contribution in [0.5, 0.6) is 0 Å². The molecule has 0 saturated heterocycles. The van der Waals surface area contributed by atoms with Gasteiger partial charge in [0.2, 0.25) is 0 Å². The quantitative estimate of drug-likeness (QED) is 0.712. The van der Waals surface area contributed by atoms with Gasteiger partial charge in [-0.25, -0.2) is 0 Å². The van der Waals surface area contributed by atoms with Crippen molar-refractivity contribution >= 4 is 6.21 Å². The molecular weight excluding hydrogens is 196 g/mol. The summed E-state index contributed by atoms with van der Waals surface area (Å²) in [6.45, 7) is 9.46. The topological polar surface area (TPSA) is 38.4 Å². The van der Waals surface area contributed by atoms with Crippen LogP contribution in [0.25, 0.3) is 0 Å². The van der Waals surface area contributed by atoms with Crippen molar-refractivity contribution in [3.05, 3.63) is 11.8 Å². The molecule has 1 fully saturated rings. The molecule has 94 valence electrons. The lowest BCUT2D eigenvalue weighted by atomic mass is 9.84. The summed E-state index contributed by atoms with van der Waals surface area (Å²) in [7, 11) is 0. The largest absolute Gasteiger partial charge is 0.404 e. The van der Waals surface area contributed by atoms with E-state index in [2.05, 4.69) is 18.8 Å². The first-order valence-electron chi connectivity index (χ1n) is 6.48. The fourth-order valence-electron chi connectivity index (χ4n) is 1.71. The van der Waals surface area contributed by atoms with Gasteiger partial charge in [0.1, 0.15) is 0 Å². The van der Waals surface area contributed by atoms with Gasteiger partial charge in [0, 0.05) is 12.8 Å². The Kier molecular flexibility index (Phi) is 8.97. The van der Waals surface area contributed by atoms with Crippen molar-refractivity contribution in [3.63, 3.8) is 0 Å². The Labute approximate surface area is 101 Å². The molecule has 1 rings (SSSR count). The molecule has 0 aliphatic heterocycles. The average molecular weight is 224 g/mol. The molecule has 0 amide bonds. The summed E-state index contributed by atoms with van der Waals surface area (Å²) in [5, 5.41) is 0. The molecule has 2 heteroatoms. The normalized spacial score (nSPS) is 26.4. The zero-order chi connectivity index (χ0) is 12.4. The van der Waals surface area contributed by atoms with Crippen LogP contribution in [0, 0.1) is 11.8 Å². The van der Waals surface area contributed by atoms with E-state index in [1.807, 2.05) is 13.8 Å². The van der Waals surface area contributed by atoms with E-state index in [-0.39, 0.29) is 0 Å². The second-order valence-electron chi connectivity index (χ2n) is 4.90. The molecule has 1 aliphatic carbocycles. The summed E-state index contributed by atoms with van der Waals surface area (Å²) in [5.41, 5.74) is 6.17. The molecule has 0 bridgehead atoms. The lowest BCUT2D eigenvalue weighted by Crippen LogP contribution is -2.08. The summed E-state index contributed by atoms with van der Waals surface area (Å²) in [5.74, 6) is 2.04. The van der Waals surface area contributed by atoms with Crippen LogP contribution in [0.2, 0.25) is 0 Å². The third-order valence-corrected chi connectivity index (χ3v) is 3.04. The number of nitrogens with zero attached hydrogens (tertiary/aromatic N) is 1. The maximum Gasteiger partial charge on any atom is 0.0361 e. The lowest BCUT2D eigenvalue weighted by Gasteiger charge is -2.22. The Bertz CT molecular complexity index is 201. The van der Waals surface area contributed by atoms with Gasteiger partial charge in [0.05, 0.1) is 0 Å². The summed E-state index contributed by atoms with van der Waals surface area (Å²) in [4.78, 5) is 3.97. The number of hydrogen-bond acceptors (Lipinski definition) is 2. The molecule has 0 aromatic rings. The fourth-order valence-corrected chi connectivity index (χ4v) is 1.71. The van der Waals surface area contributed by atoms with E-state index in [0.29, 0.717) is 0 Å². The maximum absolute atomic E-state index is 5.16. The second-order valence-corrected chi connectivity index (χ2v) is 4.90. The van der Waals surface area contributed by atoms with Crippen molar-refractivity contribution in [3.8, 4) is 0 Å². The van der Waals surface area contributed by atoms with E-state index in [4.69, 9.17) is 5.73 Å². The Balaban J connectivity index is 0.000000281. The first-order chi connectivity index (χ1) is 7.60. The predicted molar refractivity (Wildman–Crippen MR) is 73.8 cm³/mol. The first kappa shape index (κ1) is 15.2. The number of aliphatic imine (C=N–C) groups is 1. The highest BCUT2D eigenvalue weighted by molar-refractivity contribution is 5.77. The lowest BCUT2D eigenvalue weighted by molar-refractivity contribution is 0.308. The summed E-state index contributed by atoms with van der Waals surface area (Å²) < 4.78 is 0. The van der Waals surface area contributed by atoms with E-state index in [1.54, 1.807) is 12.4 Å². The number of allylic oxidation sites excluding steroid dienone is 1. The standard InChI is InChI=1S/C8H16.C6H12N2/c1-7-3-5-8(2)6-4-7;1-3-8-5-6(2)4-7/h7-8H,3-6H2,1-2H3;4-5H,3,7H2,1-2H3/b;6-4-,8-5?. The Morgan fingerprint density at radius 2 is 1.62 bits per heavy atom. The van der Waals surface area contributed by atoms with E-state index in [9.17, 15) is 0 Å². The Hall–Kier alpha value is -0.790. The highest BCUT2D eigenvalue weighted by Gasteiger charge is 2.13. The van der Waals surface area contributed by atoms with Crippen molar-refractivity contribution in [2.45, 2.75) is 53.4 Å². The summed E-state index contributed by atoms with van der Waals surface area (Å²) in [6.07, 6.45) is 9.20. The van der Waals surface area contributed by atoms with Crippen LogP contribution in [0.15, 0.2) is 16.8 Å². The van der Waals surface area contributed by atoms with Crippen molar-refractivity contribution in [1.82, 2.24) is 0 Å². The van der Waals surface area contributed by atoms with Gasteiger partial charge in [0.25, 0.3) is 0 Å². The molecular formula is C14H28N2. The minimum atomic E-state index is 0.825. The van der Waals surface area contributed by atoms with Crippen molar-refractivity contribution in [1.29, 1.82) is 0 Å². The Morgan fingerprint density at radius 3 is 1.94 bits per heavy atom. The third-order valence-electron chi connectivity index (χ3n) is 3.04. The molecule has 2 N–H and O–H groups in total. The van der Waals surface area contributed by atoms with Gasteiger partial charge < -0.3 is 5.73 Å². The first-order valence-corrected chi connectivity index (χ1v) is 6.48. The third kappa shape index (κ3) is 8.51. The molecule has 0 unspecified atom stereocenters. The predicted octanol–water partition coefficient (Wildman–Crippen LogP) is 3.77. The van der Waals surface area contributed by atoms with Crippen LogP contribution in [-0.4, -0.2) is 12.8 Å². The van der Waals surface area contributed by atoms with Crippen molar-refractivity contribution in [2.75, 3.05) is 6.54 Å². The zero-order valence-electron chi connectivity index (χ0n) is 11.4. The fraction of sp³-hybridized carbons (Fsp3) is 0.786. The SMILES string of the molecule is CC1CCC(C)CC1.CCN=C/C(C)=C\N. The van der Waals surface area contributed by atoms with E-state index in [0.717, 1.165) is 24.0 Å². The van der Waals surface area contributed by atoms with E-state index >= 15 is 0 Å². The number of nitrogens with two attached hydrogens (primary N) is 1. The summed E-state index contributed by atoms with van der Waals surface area (Å²) in [6, 6.07) is 0. The molecule has 16 heavy (non-hydrogen) atoms. The zero-order valence-corrected chi connectivity index (χ0v) is 11.4. The molecule has 0 spiro atoms. The van der Waals surface area contributed by atoms with Gasteiger partial charge in [-0.15, -0.1) is 0 Å². The van der Waals surface area contributed by atoms with Gasteiger partial charge in [-0.3, -0.25) is 4.99 Å². The molecule has 0 aromatic heterocycles. The second kappa shape index (κ2) is 9.44. The molecule has 1 saturated carbocycles. The highest BCUT2D eigenvalue weighted by atomic mass is 14.7. The maximum atomic E-state index is 5.16. The minimum absolute atomic E-state index is 0.825. The molecule has 0 atom stereocenters. The molecule has 0 aromatic carbocycles. The van der Waals surface area contributed by atoms with Gasteiger partial charge in [-0.1, -0.05) is 39.5 Å². The van der Waals surface area contributed by atoms with Gasteiger partial charge in [-0.2, -0.15) is 0 Å².